The molecule has 3 N–H and O–H groups in total. The topological polar surface area (TPSA) is 73.6 Å². The van der Waals surface area contributed by atoms with E-state index in [2.05, 4.69) is 5.32 Å². The Balaban J connectivity index is 2.09. The molecule has 2 rings (SSSR count). The number of anilines is 1. The number of amides is 1. The molecule has 5 nitrogen and oxygen atoms in total. The lowest BCUT2D eigenvalue weighted by atomic mass is 10.1. The molecule has 2 atom stereocenters. The molecule has 5 heteroatoms. The molecule has 0 spiro atoms. The number of ether oxygens (including phenoxy) is 2. The summed E-state index contributed by atoms with van der Waals surface area (Å²) in [6, 6.07) is 3.82. The van der Waals surface area contributed by atoms with Crippen LogP contribution in [0.5, 0.6) is 5.75 Å². The van der Waals surface area contributed by atoms with Crippen molar-refractivity contribution in [3.8, 4) is 5.75 Å². The number of benzene rings is 1. The van der Waals surface area contributed by atoms with E-state index in [0.29, 0.717) is 6.54 Å². The third-order valence-corrected chi connectivity index (χ3v) is 3.73. The molecule has 0 aromatic heterocycles. The summed E-state index contributed by atoms with van der Waals surface area (Å²) in [6.45, 7) is 4.37. The molecule has 20 heavy (non-hydrogen) atoms. The summed E-state index contributed by atoms with van der Waals surface area (Å²) in [5.74, 6) is 0.685. The number of hydrogen-bond acceptors (Lipinski definition) is 4. The van der Waals surface area contributed by atoms with E-state index in [-0.39, 0.29) is 12.0 Å². The molecule has 0 unspecified atom stereocenters. The molecule has 0 radical (unpaired) electrons. The minimum Gasteiger partial charge on any atom is -0.496 e. The Morgan fingerprint density at radius 1 is 1.45 bits per heavy atom. The Morgan fingerprint density at radius 3 is 2.80 bits per heavy atom. The average Bonchev–Trinajstić information content (AvgIpc) is 2.91. The van der Waals surface area contributed by atoms with Gasteiger partial charge in [-0.05, 0) is 38.3 Å². The normalized spacial score (nSPS) is 21.8. The third kappa shape index (κ3) is 2.94. The van der Waals surface area contributed by atoms with Crippen LogP contribution in [0.25, 0.3) is 0 Å². The first kappa shape index (κ1) is 14.8. The van der Waals surface area contributed by atoms with Crippen molar-refractivity contribution in [2.24, 2.45) is 5.73 Å². The van der Waals surface area contributed by atoms with E-state index in [1.165, 1.54) is 0 Å². The van der Waals surface area contributed by atoms with E-state index in [4.69, 9.17) is 15.2 Å². The summed E-state index contributed by atoms with van der Waals surface area (Å²) in [6.07, 6.45) is 1.15. The number of nitrogens with two attached hydrogens (primary N) is 1. The van der Waals surface area contributed by atoms with Gasteiger partial charge in [0.05, 0.1) is 13.2 Å². The molecule has 1 aliphatic rings. The number of carbonyl (C=O) groups is 1. The van der Waals surface area contributed by atoms with Crippen molar-refractivity contribution in [3.63, 3.8) is 0 Å². The van der Waals surface area contributed by atoms with Crippen LogP contribution in [0.4, 0.5) is 5.69 Å². The van der Waals surface area contributed by atoms with Crippen LogP contribution in [0.1, 0.15) is 24.0 Å². The van der Waals surface area contributed by atoms with Gasteiger partial charge < -0.3 is 20.5 Å². The van der Waals surface area contributed by atoms with Gasteiger partial charge in [0, 0.05) is 17.8 Å². The van der Waals surface area contributed by atoms with Gasteiger partial charge in [0.2, 0.25) is 0 Å². The maximum atomic E-state index is 12.2. The summed E-state index contributed by atoms with van der Waals surface area (Å²) in [4.78, 5) is 12.2. The molecule has 1 saturated heterocycles. The monoisotopic (exact) mass is 278 g/mol. The largest absolute Gasteiger partial charge is 0.496 e. The van der Waals surface area contributed by atoms with Gasteiger partial charge in [-0.2, -0.15) is 0 Å². The molecule has 0 bridgehead atoms. The highest BCUT2D eigenvalue weighted by molar-refractivity contribution is 5.95. The second-order valence-electron chi connectivity index (χ2n) is 5.14. The predicted octanol–water partition coefficient (Wildman–Crippen LogP) is 1.76. The van der Waals surface area contributed by atoms with E-state index < -0.39 is 6.10 Å². The van der Waals surface area contributed by atoms with E-state index in [1.54, 1.807) is 7.11 Å². The van der Waals surface area contributed by atoms with Crippen LogP contribution < -0.4 is 15.8 Å². The van der Waals surface area contributed by atoms with E-state index in [9.17, 15) is 4.79 Å². The lowest BCUT2D eigenvalue weighted by molar-refractivity contribution is -0.126. The predicted molar refractivity (Wildman–Crippen MR) is 78.0 cm³/mol. The zero-order valence-corrected chi connectivity index (χ0v) is 12.2. The molecule has 1 heterocycles. The van der Waals surface area contributed by atoms with Gasteiger partial charge in [0.25, 0.3) is 5.91 Å². The van der Waals surface area contributed by atoms with Gasteiger partial charge in [0.15, 0.2) is 0 Å². The van der Waals surface area contributed by atoms with Gasteiger partial charge in [-0.3, -0.25) is 4.79 Å². The second kappa shape index (κ2) is 6.24. The first-order chi connectivity index (χ1) is 9.56. The quantitative estimate of drug-likeness (QED) is 0.880. The third-order valence-electron chi connectivity index (χ3n) is 3.73. The highest BCUT2D eigenvalue weighted by Gasteiger charge is 2.30. The number of nitrogens with one attached hydrogen (secondary N) is 1. The highest BCUT2D eigenvalue weighted by Crippen LogP contribution is 2.30. The molecule has 0 saturated carbocycles. The molecule has 1 amide bonds. The van der Waals surface area contributed by atoms with Crippen LogP contribution in [0.2, 0.25) is 0 Å². The highest BCUT2D eigenvalue weighted by atomic mass is 16.5. The smallest absolute Gasteiger partial charge is 0.253 e. The Kier molecular flexibility index (Phi) is 4.62. The molecular weight excluding hydrogens is 256 g/mol. The van der Waals surface area contributed by atoms with Crippen molar-refractivity contribution in [3.05, 3.63) is 23.3 Å². The molecule has 110 valence electrons. The Hall–Kier alpha value is -1.59. The first-order valence-corrected chi connectivity index (χ1v) is 6.87. The molecule has 1 fully saturated rings. The zero-order chi connectivity index (χ0) is 14.7. The van der Waals surface area contributed by atoms with Crippen LogP contribution in [0.15, 0.2) is 12.1 Å². The van der Waals surface area contributed by atoms with Crippen molar-refractivity contribution in [1.29, 1.82) is 0 Å². The van der Waals surface area contributed by atoms with Crippen molar-refractivity contribution in [2.45, 2.75) is 38.9 Å². The van der Waals surface area contributed by atoms with Crippen molar-refractivity contribution in [1.82, 2.24) is 0 Å². The fraction of sp³-hybridized carbons (Fsp3) is 0.533. The fourth-order valence-corrected chi connectivity index (χ4v) is 2.56. The van der Waals surface area contributed by atoms with Crippen molar-refractivity contribution >= 4 is 11.6 Å². The molecule has 1 aromatic rings. The maximum Gasteiger partial charge on any atom is 0.253 e. The summed E-state index contributed by atoms with van der Waals surface area (Å²) >= 11 is 0. The van der Waals surface area contributed by atoms with Crippen LogP contribution in [0.3, 0.4) is 0 Å². The SMILES string of the molecule is COc1c(C)ccc(NC(=O)[C@@H]2CC[C@H](CN)O2)c1C. The summed E-state index contributed by atoms with van der Waals surface area (Å²) in [5.41, 5.74) is 8.29. The van der Waals surface area contributed by atoms with E-state index in [0.717, 1.165) is 35.4 Å². The Morgan fingerprint density at radius 2 is 2.20 bits per heavy atom. The van der Waals surface area contributed by atoms with Crippen LogP contribution in [-0.4, -0.2) is 31.8 Å². The van der Waals surface area contributed by atoms with Crippen molar-refractivity contribution in [2.75, 3.05) is 19.0 Å². The molecule has 0 aliphatic carbocycles. The summed E-state index contributed by atoms with van der Waals surface area (Å²) in [5, 5.41) is 2.91. The zero-order valence-electron chi connectivity index (χ0n) is 12.2. The Bertz CT molecular complexity index is 502. The number of carbonyl (C=O) groups excluding carboxylic acids is 1. The minimum absolute atomic E-state index is 0.000555. The second-order valence-corrected chi connectivity index (χ2v) is 5.14. The number of aryl methyl sites for hydroxylation is 1. The van der Waals surface area contributed by atoms with Crippen LogP contribution in [-0.2, 0) is 9.53 Å². The standard InChI is InChI=1S/C15H22N2O3/c1-9-4-6-12(10(2)14(9)19-3)17-15(18)13-7-5-11(8-16)20-13/h4,6,11,13H,5,7-8,16H2,1-3H3,(H,17,18)/t11-,13+/m1/s1. The summed E-state index contributed by atoms with van der Waals surface area (Å²) < 4.78 is 11.0. The Labute approximate surface area is 119 Å². The lowest BCUT2D eigenvalue weighted by Gasteiger charge is -2.16. The van der Waals surface area contributed by atoms with Crippen molar-refractivity contribution < 1.29 is 14.3 Å². The number of hydrogen-bond donors (Lipinski definition) is 2. The number of methoxy groups -OCH3 is 1. The maximum absolute atomic E-state index is 12.2. The van der Waals surface area contributed by atoms with E-state index in [1.807, 2.05) is 26.0 Å². The molecular formula is C15H22N2O3. The van der Waals surface area contributed by atoms with Gasteiger partial charge in [-0.15, -0.1) is 0 Å². The first-order valence-electron chi connectivity index (χ1n) is 6.87. The van der Waals surface area contributed by atoms with Gasteiger partial charge in [0.1, 0.15) is 11.9 Å². The summed E-state index contributed by atoms with van der Waals surface area (Å²) in [7, 11) is 1.63. The van der Waals surface area contributed by atoms with E-state index >= 15 is 0 Å². The van der Waals surface area contributed by atoms with Gasteiger partial charge in [-0.25, -0.2) is 0 Å². The van der Waals surface area contributed by atoms with Crippen LogP contribution in [0, 0.1) is 13.8 Å². The number of rotatable bonds is 4. The minimum atomic E-state index is -0.407. The lowest BCUT2D eigenvalue weighted by Crippen LogP contribution is -2.30. The molecule has 1 aliphatic heterocycles. The van der Waals surface area contributed by atoms with Gasteiger partial charge in [-0.1, -0.05) is 6.07 Å². The van der Waals surface area contributed by atoms with Gasteiger partial charge >= 0.3 is 0 Å². The fourth-order valence-electron chi connectivity index (χ4n) is 2.56. The molecule has 1 aromatic carbocycles. The average molecular weight is 278 g/mol. The van der Waals surface area contributed by atoms with Crippen LogP contribution >= 0.6 is 0 Å².